The Morgan fingerprint density at radius 2 is 2.33 bits per heavy atom. The largest absolute Gasteiger partial charge is 0.354 e. The molecule has 2 heterocycles. The fourth-order valence-corrected chi connectivity index (χ4v) is 4.19. The van der Waals surface area contributed by atoms with E-state index in [0.717, 1.165) is 5.56 Å². The predicted octanol–water partition coefficient (Wildman–Crippen LogP) is 0.817. The van der Waals surface area contributed by atoms with Crippen molar-refractivity contribution in [3.05, 3.63) is 22.8 Å². The summed E-state index contributed by atoms with van der Waals surface area (Å²) in [4.78, 5) is 6.10. The van der Waals surface area contributed by atoms with Crippen LogP contribution in [0.5, 0.6) is 0 Å². The van der Waals surface area contributed by atoms with Gasteiger partial charge in [0.1, 0.15) is 5.82 Å². The molecule has 100 valence electrons. The van der Waals surface area contributed by atoms with Crippen molar-refractivity contribution >= 4 is 27.3 Å². The van der Waals surface area contributed by atoms with E-state index in [4.69, 9.17) is 17.3 Å². The molecule has 0 amide bonds. The van der Waals surface area contributed by atoms with Gasteiger partial charge in [-0.1, -0.05) is 11.6 Å². The molecule has 1 aromatic heterocycles. The fraction of sp³-hybridized carbons (Fsp3) is 0.545. The van der Waals surface area contributed by atoms with Gasteiger partial charge in [-0.25, -0.2) is 13.4 Å². The average Bonchev–Trinajstić information content (AvgIpc) is 2.68. The van der Waals surface area contributed by atoms with E-state index in [0.29, 0.717) is 23.8 Å². The zero-order valence-electron chi connectivity index (χ0n) is 10.1. The molecule has 1 unspecified atom stereocenters. The Balaban J connectivity index is 2.21. The molecule has 1 aliphatic rings. The highest BCUT2D eigenvalue weighted by Gasteiger charge is 2.31. The van der Waals surface area contributed by atoms with Gasteiger partial charge in [-0.3, -0.25) is 0 Å². The third kappa shape index (κ3) is 2.76. The fourth-order valence-electron chi connectivity index (χ4n) is 2.10. The smallest absolute Gasteiger partial charge is 0.152 e. The van der Waals surface area contributed by atoms with Crippen molar-refractivity contribution in [1.82, 2.24) is 4.98 Å². The van der Waals surface area contributed by atoms with Crippen molar-refractivity contribution in [2.24, 2.45) is 5.73 Å². The van der Waals surface area contributed by atoms with Gasteiger partial charge >= 0.3 is 0 Å². The normalized spacial score (nSPS) is 22.1. The number of rotatable bonds is 3. The quantitative estimate of drug-likeness (QED) is 0.891. The van der Waals surface area contributed by atoms with E-state index in [1.54, 1.807) is 12.3 Å². The summed E-state index contributed by atoms with van der Waals surface area (Å²) < 4.78 is 22.9. The molecule has 0 spiro atoms. The van der Waals surface area contributed by atoms with Crippen LogP contribution >= 0.6 is 11.6 Å². The van der Waals surface area contributed by atoms with E-state index >= 15 is 0 Å². The van der Waals surface area contributed by atoms with E-state index in [9.17, 15) is 8.42 Å². The molecule has 7 heteroatoms. The van der Waals surface area contributed by atoms with Gasteiger partial charge in [-0.15, -0.1) is 0 Å². The third-order valence-electron chi connectivity index (χ3n) is 3.20. The third-order valence-corrected chi connectivity index (χ3v) is 5.23. The molecule has 0 aliphatic carbocycles. The topological polar surface area (TPSA) is 76.3 Å². The molecule has 0 aromatic carbocycles. The summed E-state index contributed by atoms with van der Waals surface area (Å²) in [5, 5.41) is 0.504. The maximum atomic E-state index is 11.5. The van der Waals surface area contributed by atoms with Crippen molar-refractivity contribution in [1.29, 1.82) is 0 Å². The lowest BCUT2D eigenvalue weighted by molar-refractivity contribution is 0.600. The van der Waals surface area contributed by atoms with Gasteiger partial charge in [0.05, 0.1) is 16.5 Å². The van der Waals surface area contributed by atoms with Gasteiger partial charge < -0.3 is 10.6 Å². The first-order chi connectivity index (χ1) is 8.43. The van der Waals surface area contributed by atoms with Crippen LogP contribution in [-0.4, -0.2) is 38.0 Å². The molecular weight excluding hydrogens is 274 g/mol. The monoisotopic (exact) mass is 289 g/mol. The maximum absolute atomic E-state index is 11.5. The van der Waals surface area contributed by atoms with Crippen molar-refractivity contribution in [2.75, 3.05) is 23.5 Å². The zero-order valence-corrected chi connectivity index (χ0v) is 11.7. The SMILES string of the molecule is CN(c1ncc(CN)cc1Cl)C1CCS(=O)(=O)C1. The summed E-state index contributed by atoms with van der Waals surface area (Å²) in [6, 6.07) is 1.72. The molecule has 1 fully saturated rings. The first-order valence-electron chi connectivity index (χ1n) is 5.70. The summed E-state index contributed by atoms with van der Waals surface area (Å²) in [7, 11) is -1.09. The highest BCUT2D eigenvalue weighted by atomic mass is 35.5. The number of anilines is 1. The molecule has 0 radical (unpaired) electrons. The van der Waals surface area contributed by atoms with Gasteiger partial charge in [0, 0.05) is 25.8 Å². The van der Waals surface area contributed by atoms with Crippen LogP contribution in [0.2, 0.25) is 5.02 Å². The van der Waals surface area contributed by atoms with Crippen molar-refractivity contribution in [3.63, 3.8) is 0 Å². The number of sulfone groups is 1. The Labute approximate surface area is 112 Å². The molecule has 5 nitrogen and oxygen atoms in total. The molecule has 18 heavy (non-hydrogen) atoms. The lowest BCUT2D eigenvalue weighted by Crippen LogP contribution is -2.33. The summed E-state index contributed by atoms with van der Waals surface area (Å²) in [6.45, 7) is 0.383. The number of halogens is 1. The van der Waals surface area contributed by atoms with Crippen LogP contribution in [0, 0.1) is 0 Å². The Kier molecular flexibility index (Phi) is 3.79. The first kappa shape index (κ1) is 13.6. The molecule has 1 saturated heterocycles. The van der Waals surface area contributed by atoms with Crippen molar-refractivity contribution in [2.45, 2.75) is 19.0 Å². The van der Waals surface area contributed by atoms with Crippen LogP contribution in [0.3, 0.4) is 0 Å². The second-order valence-electron chi connectivity index (χ2n) is 4.52. The van der Waals surface area contributed by atoms with Gasteiger partial charge in [0.25, 0.3) is 0 Å². The van der Waals surface area contributed by atoms with E-state index in [1.165, 1.54) is 0 Å². The van der Waals surface area contributed by atoms with Gasteiger partial charge in [0.15, 0.2) is 9.84 Å². The number of nitrogens with two attached hydrogens (primary N) is 1. The second kappa shape index (κ2) is 5.03. The van der Waals surface area contributed by atoms with Crippen molar-refractivity contribution in [3.8, 4) is 0 Å². The van der Waals surface area contributed by atoms with E-state index in [2.05, 4.69) is 4.98 Å². The molecule has 0 saturated carbocycles. The summed E-state index contributed by atoms with van der Waals surface area (Å²) >= 11 is 6.14. The number of pyridine rings is 1. The minimum atomic E-state index is -2.91. The number of hydrogen-bond donors (Lipinski definition) is 1. The van der Waals surface area contributed by atoms with Gasteiger partial charge in [-0.2, -0.15) is 0 Å². The molecular formula is C11H16ClN3O2S. The Hall–Kier alpha value is -0.850. The molecule has 2 rings (SSSR count). The lowest BCUT2D eigenvalue weighted by atomic mass is 10.2. The summed E-state index contributed by atoms with van der Waals surface area (Å²) in [6.07, 6.45) is 2.29. The minimum absolute atomic E-state index is 0.0521. The van der Waals surface area contributed by atoms with Crippen LogP contribution in [0.25, 0.3) is 0 Å². The Morgan fingerprint density at radius 1 is 1.61 bits per heavy atom. The lowest BCUT2D eigenvalue weighted by Gasteiger charge is -2.25. The Bertz CT molecular complexity index is 547. The van der Waals surface area contributed by atoms with Crippen LogP contribution in [0.1, 0.15) is 12.0 Å². The minimum Gasteiger partial charge on any atom is -0.354 e. The summed E-state index contributed by atoms with van der Waals surface area (Å²) in [5.41, 5.74) is 6.37. The average molecular weight is 290 g/mol. The van der Waals surface area contributed by atoms with E-state index in [1.807, 2.05) is 11.9 Å². The first-order valence-corrected chi connectivity index (χ1v) is 7.90. The van der Waals surface area contributed by atoms with Crippen LogP contribution < -0.4 is 10.6 Å². The highest BCUT2D eigenvalue weighted by Crippen LogP contribution is 2.27. The zero-order chi connectivity index (χ0) is 13.3. The van der Waals surface area contributed by atoms with E-state index in [-0.39, 0.29) is 17.5 Å². The standard InChI is InChI=1S/C11H16ClN3O2S/c1-15(9-2-3-18(16,17)7-9)11-10(12)4-8(5-13)6-14-11/h4,6,9H,2-3,5,7,13H2,1H3. The second-order valence-corrected chi connectivity index (χ2v) is 7.16. The van der Waals surface area contributed by atoms with Crippen LogP contribution in [-0.2, 0) is 16.4 Å². The van der Waals surface area contributed by atoms with Crippen LogP contribution in [0.15, 0.2) is 12.3 Å². The highest BCUT2D eigenvalue weighted by molar-refractivity contribution is 7.91. The summed E-state index contributed by atoms with van der Waals surface area (Å²) in [5.74, 6) is 1.01. The molecule has 1 aromatic rings. The van der Waals surface area contributed by atoms with Crippen molar-refractivity contribution < 1.29 is 8.42 Å². The van der Waals surface area contributed by atoms with E-state index < -0.39 is 9.84 Å². The molecule has 1 aliphatic heterocycles. The number of hydrogen-bond acceptors (Lipinski definition) is 5. The number of aromatic nitrogens is 1. The molecule has 2 N–H and O–H groups in total. The van der Waals surface area contributed by atoms with Gasteiger partial charge in [-0.05, 0) is 18.1 Å². The Morgan fingerprint density at radius 3 is 2.83 bits per heavy atom. The molecule has 0 bridgehead atoms. The van der Waals surface area contributed by atoms with Gasteiger partial charge in [0.2, 0.25) is 0 Å². The number of nitrogens with zero attached hydrogens (tertiary/aromatic N) is 2. The maximum Gasteiger partial charge on any atom is 0.152 e. The molecule has 1 atom stereocenters. The predicted molar refractivity (Wildman–Crippen MR) is 72.6 cm³/mol. The van der Waals surface area contributed by atoms with Crippen LogP contribution in [0.4, 0.5) is 5.82 Å².